The van der Waals surface area contributed by atoms with Gasteiger partial charge in [0.05, 0.1) is 24.1 Å². The number of nitrogens with two attached hydrogens (primary N) is 1. The van der Waals surface area contributed by atoms with Gasteiger partial charge in [0.25, 0.3) is 0 Å². The van der Waals surface area contributed by atoms with E-state index in [1.807, 2.05) is 5.38 Å². The first kappa shape index (κ1) is 11.7. The second-order valence-corrected chi connectivity index (χ2v) is 5.96. The number of thiophene rings is 1. The lowest BCUT2D eigenvalue weighted by Crippen LogP contribution is -2.53. The first-order chi connectivity index (χ1) is 8.58. The Morgan fingerprint density at radius 1 is 1.44 bits per heavy atom. The Bertz CT molecular complexity index is 580. The third kappa shape index (κ3) is 1.81. The van der Waals surface area contributed by atoms with Gasteiger partial charge in [0, 0.05) is 6.54 Å². The number of aromatic nitrogens is 2. The lowest BCUT2D eigenvalue weighted by atomic mass is 10.0. The van der Waals surface area contributed by atoms with E-state index in [1.165, 1.54) is 0 Å². The second kappa shape index (κ2) is 4.07. The molecule has 3 heterocycles. The summed E-state index contributed by atoms with van der Waals surface area (Å²) < 4.78 is 5.55. The average Bonchev–Trinajstić information content (AvgIpc) is 2.75. The van der Waals surface area contributed by atoms with Crippen LogP contribution in [0.15, 0.2) is 11.4 Å². The average molecular weight is 264 g/mol. The Kier molecular flexibility index (Phi) is 2.64. The number of nitrogens with zero attached hydrogens (tertiary/aromatic N) is 3. The zero-order chi connectivity index (χ0) is 12.8. The number of hydrogen-bond acceptors (Lipinski definition) is 6. The highest BCUT2D eigenvalue weighted by molar-refractivity contribution is 7.16. The molecule has 18 heavy (non-hydrogen) atoms. The Labute approximate surface area is 110 Å². The summed E-state index contributed by atoms with van der Waals surface area (Å²) in [4.78, 5) is 11.9. The van der Waals surface area contributed by atoms with Gasteiger partial charge in [0.2, 0.25) is 5.95 Å². The molecule has 0 atom stereocenters. The standard InChI is InChI=1S/C12H16N4OS/c1-12(2)7-17-5-4-16(12)9-8-3-6-18-10(8)15-11(13)14-9/h3,6H,4-5,7H2,1-2H3,(H2,13,14,15). The van der Waals surface area contributed by atoms with Crippen molar-refractivity contribution in [3.05, 3.63) is 11.4 Å². The summed E-state index contributed by atoms with van der Waals surface area (Å²) in [6.07, 6.45) is 0. The van der Waals surface area contributed by atoms with E-state index in [2.05, 4.69) is 34.8 Å². The second-order valence-electron chi connectivity index (χ2n) is 5.06. The van der Waals surface area contributed by atoms with Gasteiger partial charge in [0.1, 0.15) is 10.6 Å². The maximum Gasteiger partial charge on any atom is 0.223 e. The lowest BCUT2D eigenvalue weighted by Gasteiger charge is -2.43. The molecular formula is C12H16N4OS. The molecule has 0 radical (unpaired) electrons. The zero-order valence-corrected chi connectivity index (χ0v) is 11.3. The predicted octanol–water partition coefficient (Wildman–Crippen LogP) is 1.89. The third-order valence-electron chi connectivity index (χ3n) is 3.22. The lowest BCUT2D eigenvalue weighted by molar-refractivity contribution is 0.0641. The van der Waals surface area contributed by atoms with Crippen molar-refractivity contribution in [3.63, 3.8) is 0 Å². The largest absolute Gasteiger partial charge is 0.377 e. The number of rotatable bonds is 1. The molecule has 0 bridgehead atoms. The summed E-state index contributed by atoms with van der Waals surface area (Å²) in [5.74, 6) is 1.26. The maximum atomic E-state index is 5.81. The number of fused-ring (bicyclic) bond motifs is 1. The van der Waals surface area contributed by atoms with Crippen LogP contribution in [0.25, 0.3) is 10.2 Å². The van der Waals surface area contributed by atoms with Crippen molar-refractivity contribution in [2.24, 2.45) is 0 Å². The van der Waals surface area contributed by atoms with Crippen LogP contribution in [0, 0.1) is 0 Å². The first-order valence-electron chi connectivity index (χ1n) is 5.94. The van der Waals surface area contributed by atoms with Gasteiger partial charge in [-0.2, -0.15) is 4.98 Å². The van der Waals surface area contributed by atoms with Gasteiger partial charge in [-0.15, -0.1) is 11.3 Å². The molecular weight excluding hydrogens is 248 g/mol. The molecule has 1 saturated heterocycles. The van der Waals surface area contributed by atoms with E-state index < -0.39 is 0 Å². The topological polar surface area (TPSA) is 64.3 Å². The third-order valence-corrected chi connectivity index (χ3v) is 4.03. The van der Waals surface area contributed by atoms with Crippen molar-refractivity contribution in [1.29, 1.82) is 0 Å². The highest BCUT2D eigenvalue weighted by Gasteiger charge is 2.32. The molecule has 2 aromatic heterocycles. The van der Waals surface area contributed by atoms with E-state index in [1.54, 1.807) is 11.3 Å². The molecule has 96 valence electrons. The Morgan fingerprint density at radius 2 is 2.28 bits per heavy atom. The van der Waals surface area contributed by atoms with Crippen molar-refractivity contribution in [2.45, 2.75) is 19.4 Å². The van der Waals surface area contributed by atoms with Gasteiger partial charge in [-0.3, -0.25) is 0 Å². The maximum absolute atomic E-state index is 5.81. The van der Waals surface area contributed by atoms with Crippen LogP contribution in [0.1, 0.15) is 13.8 Å². The molecule has 0 aliphatic carbocycles. The molecule has 0 saturated carbocycles. The fourth-order valence-corrected chi connectivity index (χ4v) is 3.08. The molecule has 5 nitrogen and oxygen atoms in total. The van der Waals surface area contributed by atoms with Gasteiger partial charge in [-0.05, 0) is 25.3 Å². The normalized spacial score (nSPS) is 19.3. The summed E-state index contributed by atoms with van der Waals surface area (Å²) in [6.45, 7) is 6.56. The molecule has 2 aromatic rings. The zero-order valence-electron chi connectivity index (χ0n) is 10.5. The van der Waals surface area contributed by atoms with Crippen LogP contribution in [0.3, 0.4) is 0 Å². The molecule has 0 aromatic carbocycles. The monoisotopic (exact) mass is 264 g/mol. The van der Waals surface area contributed by atoms with Gasteiger partial charge >= 0.3 is 0 Å². The van der Waals surface area contributed by atoms with Crippen LogP contribution in [0.5, 0.6) is 0 Å². The molecule has 0 spiro atoms. The van der Waals surface area contributed by atoms with Gasteiger partial charge < -0.3 is 15.4 Å². The van der Waals surface area contributed by atoms with Crippen molar-refractivity contribution < 1.29 is 4.74 Å². The van der Waals surface area contributed by atoms with Gasteiger partial charge in [-0.25, -0.2) is 4.98 Å². The minimum atomic E-state index is -0.0755. The first-order valence-corrected chi connectivity index (χ1v) is 6.82. The van der Waals surface area contributed by atoms with E-state index >= 15 is 0 Å². The quantitative estimate of drug-likeness (QED) is 0.852. The van der Waals surface area contributed by atoms with Crippen LogP contribution < -0.4 is 10.6 Å². The highest BCUT2D eigenvalue weighted by Crippen LogP contribution is 2.33. The van der Waals surface area contributed by atoms with Gasteiger partial charge in [0.15, 0.2) is 0 Å². The molecule has 0 amide bonds. The summed E-state index contributed by atoms with van der Waals surface area (Å²) in [7, 11) is 0. The minimum absolute atomic E-state index is 0.0755. The number of nitrogen functional groups attached to an aromatic ring is 1. The Hall–Kier alpha value is -1.40. The molecule has 1 fully saturated rings. The minimum Gasteiger partial charge on any atom is -0.377 e. The predicted molar refractivity (Wildman–Crippen MR) is 74.1 cm³/mol. The summed E-state index contributed by atoms with van der Waals surface area (Å²) in [5, 5.41) is 3.10. The van der Waals surface area contributed by atoms with Crippen molar-refractivity contribution in [3.8, 4) is 0 Å². The fraction of sp³-hybridized carbons (Fsp3) is 0.500. The molecule has 1 aliphatic rings. The van der Waals surface area contributed by atoms with Crippen molar-refractivity contribution in [1.82, 2.24) is 9.97 Å². The van der Waals surface area contributed by atoms with E-state index in [4.69, 9.17) is 10.5 Å². The molecule has 0 unspecified atom stereocenters. The number of hydrogen-bond donors (Lipinski definition) is 1. The number of anilines is 2. The van der Waals surface area contributed by atoms with Crippen molar-refractivity contribution in [2.75, 3.05) is 30.4 Å². The summed E-state index contributed by atoms with van der Waals surface area (Å²) in [6, 6.07) is 2.06. The SMILES string of the molecule is CC1(C)COCCN1c1nc(N)nc2sccc12. The molecule has 1 aliphatic heterocycles. The number of ether oxygens (including phenoxy) is 1. The van der Waals surface area contributed by atoms with Crippen molar-refractivity contribution >= 4 is 33.3 Å². The van der Waals surface area contributed by atoms with E-state index in [9.17, 15) is 0 Å². The van der Waals surface area contributed by atoms with E-state index in [-0.39, 0.29) is 5.54 Å². The molecule has 6 heteroatoms. The fourth-order valence-electron chi connectivity index (χ4n) is 2.31. The van der Waals surface area contributed by atoms with E-state index in [0.29, 0.717) is 12.6 Å². The molecule has 3 rings (SSSR count). The summed E-state index contributed by atoms with van der Waals surface area (Å²) in [5.41, 5.74) is 5.73. The van der Waals surface area contributed by atoms with E-state index in [0.717, 1.165) is 29.2 Å². The Balaban J connectivity index is 2.15. The van der Waals surface area contributed by atoms with Crippen LogP contribution in [0.2, 0.25) is 0 Å². The Morgan fingerprint density at radius 3 is 3.06 bits per heavy atom. The highest BCUT2D eigenvalue weighted by atomic mass is 32.1. The van der Waals surface area contributed by atoms with Crippen LogP contribution in [-0.2, 0) is 4.74 Å². The number of morpholine rings is 1. The summed E-state index contributed by atoms with van der Waals surface area (Å²) >= 11 is 1.59. The van der Waals surface area contributed by atoms with Crippen LogP contribution >= 0.6 is 11.3 Å². The van der Waals surface area contributed by atoms with Gasteiger partial charge in [-0.1, -0.05) is 0 Å². The smallest absolute Gasteiger partial charge is 0.223 e. The molecule has 2 N–H and O–H groups in total. The van der Waals surface area contributed by atoms with Crippen LogP contribution in [-0.4, -0.2) is 35.3 Å². The van der Waals surface area contributed by atoms with Crippen LogP contribution in [0.4, 0.5) is 11.8 Å².